The Morgan fingerprint density at radius 1 is 0.491 bits per heavy atom. The lowest BCUT2D eigenvalue weighted by molar-refractivity contribution is -0.370. The standard InChI is InChI=1S/C41H48O14/c1-25-34(47-21-30-15-9-6-10-16-30)36(48-22-31-17-11-7-12-18-31)38(49-23-32-19-13-8-14-20-32)40(50-25)55-39-37(52-28(4)44)35(51-27(3)43)33(24-46-26(2)42)54-41(39)53-29(5)45/h6-20,25,33-41H,21-24H2,1-5H3/t25-,33+,34+,35-,36-,37-,38-,39-,40-,41-/m0/s1. The average Bonchev–Trinajstić information content (AvgIpc) is 3.15. The van der Waals surface area contributed by atoms with E-state index >= 15 is 0 Å². The third-order valence-electron chi connectivity index (χ3n) is 8.80. The van der Waals surface area contributed by atoms with Crippen molar-refractivity contribution in [1.82, 2.24) is 0 Å². The van der Waals surface area contributed by atoms with Crippen molar-refractivity contribution >= 4 is 23.9 Å². The molecule has 0 N–H and O–H groups in total. The van der Waals surface area contributed by atoms with E-state index < -0.39 is 91.9 Å². The van der Waals surface area contributed by atoms with Gasteiger partial charge < -0.3 is 47.4 Å². The molecule has 14 heteroatoms. The molecular weight excluding hydrogens is 716 g/mol. The van der Waals surface area contributed by atoms with Crippen molar-refractivity contribution in [1.29, 1.82) is 0 Å². The fourth-order valence-electron chi connectivity index (χ4n) is 6.41. The van der Waals surface area contributed by atoms with Crippen molar-refractivity contribution in [3.63, 3.8) is 0 Å². The number of benzene rings is 3. The van der Waals surface area contributed by atoms with Crippen LogP contribution in [0.25, 0.3) is 0 Å². The number of rotatable bonds is 16. The quantitative estimate of drug-likeness (QED) is 0.147. The summed E-state index contributed by atoms with van der Waals surface area (Å²) in [4.78, 5) is 49.3. The van der Waals surface area contributed by atoms with Gasteiger partial charge in [0.05, 0.1) is 25.9 Å². The van der Waals surface area contributed by atoms with E-state index in [0.717, 1.165) is 37.5 Å². The van der Waals surface area contributed by atoms with Crippen LogP contribution in [0.1, 0.15) is 51.3 Å². The first-order chi connectivity index (χ1) is 26.5. The van der Waals surface area contributed by atoms with E-state index in [-0.39, 0.29) is 19.8 Å². The molecular formula is C41H48O14. The molecule has 0 saturated carbocycles. The summed E-state index contributed by atoms with van der Waals surface area (Å²) in [5.74, 6) is -2.92. The van der Waals surface area contributed by atoms with Gasteiger partial charge in [-0.2, -0.15) is 0 Å². The van der Waals surface area contributed by atoms with E-state index in [1.54, 1.807) is 6.92 Å². The van der Waals surface area contributed by atoms with Crippen molar-refractivity contribution in [2.45, 2.75) is 116 Å². The van der Waals surface area contributed by atoms with Crippen LogP contribution in [-0.2, 0) is 86.4 Å². The van der Waals surface area contributed by atoms with Crippen molar-refractivity contribution in [2.24, 2.45) is 0 Å². The summed E-state index contributed by atoms with van der Waals surface area (Å²) in [6, 6.07) is 28.7. The molecule has 3 aromatic carbocycles. The minimum Gasteiger partial charge on any atom is -0.463 e. The molecule has 10 atom stereocenters. The van der Waals surface area contributed by atoms with Crippen LogP contribution in [0.5, 0.6) is 0 Å². The number of hydrogen-bond acceptors (Lipinski definition) is 14. The largest absolute Gasteiger partial charge is 0.463 e. The van der Waals surface area contributed by atoms with Gasteiger partial charge in [-0.3, -0.25) is 19.2 Å². The van der Waals surface area contributed by atoms with E-state index in [2.05, 4.69) is 0 Å². The Balaban J connectivity index is 1.53. The van der Waals surface area contributed by atoms with Crippen LogP contribution in [0.15, 0.2) is 91.0 Å². The molecule has 0 bridgehead atoms. The molecule has 0 unspecified atom stereocenters. The zero-order chi connectivity index (χ0) is 39.3. The summed E-state index contributed by atoms with van der Waals surface area (Å²) in [5, 5.41) is 0. The topological polar surface area (TPSA) is 161 Å². The maximum atomic E-state index is 12.6. The van der Waals surface area contributed by atoms with Crippen molar-refractivity contribution in [3.05, 3.63) is 108 Å². The highest BCUT2D eigenvalue weighted by atomic mass is 16.8. The lowest BCUT2D eigenvalue weighted by Crippen LogP contribution is -2.66. The second-order valence-corrected chi connectivity index (χ2v) is 13.2. The Kier molecular flexibility index (Phi) is 15.3. The number of ether oxygens (including phenoxy) is 10. The van der Waals surface area contributed by atoms with Gasteiger partial charge in [-0.1, -0.05) is 91.0 Å². The minimum atomic E-state index is -1.56. The van der Waals surface area contributed by atoms with E-state index in [1.165, 1.54) is 6.92 Å². The second-order valence-electron chi connectivity index (χ2n) is 13.2. The molecule has 2 aliphatic heterocycles. The lowest BCUT2D eigenvalue weighted by Gasteiger charge is -2.49. The molecule has 0 aliphatic carbocycles. The number of hydrogen-bond donors (Lipinski definition) is 0. The molecule has 0 radical (unpaired) electrons. The van der Waals surface area contributed by atoms with Crippen molar-refractivity contribution in [2.75, 3.05) is 6.61 Å². The fraction of sp³-hybridized carbons (Fsp3) is 0.463. The Morgan fingerprint density at radius 2 is 0.945 bits per heavy atom. The van der Waals surface area contributed by atoms with Crippen molar-refractivity contribution < 1.29 is 66.5 Å². The molecule has 0 aromatic heterocycles. The predicted octanol–water partition coefficient (Wildman–Crippen LogP) is 4.59. The van der Waals surface area contributed by atoms with E-state index in [4.69, 9.17) is 47.4 Å². The molecule has 2 aliphatic rings. The lowest BCUT2D eigenvalue weighted by atomic mass is 9.96. The van der Waals surface area contributed by atoms with Gasteiger partial charge in [0.2, 0.25) is 6.29 Å². The Labute approximate surface area is 320 Å². The van der Waals surface area contributed by atoms with Gasteiger partial charge in [0, 0.05) is 27.7 Å². The highest BCUT2D eigenvalue weighted by molar-refractivity contribution is 5.68. The highest BCUT2D eigenvalue weighted by Crippen LogP contribution is 2.36. The molecule has 14 nitrogen and oxygen atoms in total. The molecule has 296 valence electrons. The summed E-state index contributed by atoms with van der Waals surface area (Å²) in [6.45, 7) is 6.59. The predicted molar refractivity (Wildman–Crippen MR) is 192 cm³/mol. The molecule has 5 rings (SSSR count). The first kappa shape index (κ1) is 41.5. The first-order valence-electron chi connectivity index (χ1n) is 18.1. The molecule has 55 heavy (non-hydrogen) atoms. The van der Waals surface area contributed by atoms with Gasteiger partial charge in [0.25, 0.3) is 0 Å². The van der Waals surface area contributed by atoms with Gasteiger partial charge in [-0.15, -0.1) is 0 Å². The average molecular weight is 765 g/mol. The second kappa shape index (κ2) is 20.3. The summed E-state index contributed by atoms with van der Waals surface area (Å²) in [6.07, 6.45) is -11.5. The molecule has 2 fully saturated rings. The van der Waals surface area contributed by atoms with Crippen LogP contribution in [0, 0.1) is 0 Å². The molecule has 3 aromatic rings. The maximum absolute atomic E-state index is 12.6. The Bertz CT molecular complexity index is 1670. The van der Waals surface area contributed by atoms with Crippen LogP contribution in [-0.4, -0.2) is 91.9 Å². The third-order valence-corrected chi connectivity index (χ3v) is 8.80. The van der Waals surface area contributed by atoms with Gasteiger partial charge in [-0.05, 0) is 23.6 Å². The van der Waals surface area contributed by atoms with E-state index in [1.807, 2.05) is 91.0 Å². The van der Waals surface area contributed by atoms with Crippen LogP contribution in [0.4, 0.5) is 0 Å². The van der Waals surface area contributed by atoms with Crippen LogP contribution in [0.2, 0.25) is 0 Å². The number of carbonyl (C=O) groups is 4. The minimum absolute atomic E-state index is 0.113. The van der Waals surface area contributed by atoms with Gasteiger partial charge in [-0.25, -0.2) is 0 Å². The summed E-state index contributed by atoms with van der Waals surface area (Å²) >= 11 is 0. The third kappa shape index (κ3) is 12.1. The smallest absolute Gasteiger partial charge is 0.305 e. The first-order valence-corrected chi connectivity index (χ1v) is 18.1. The van der Waals surface area contributed by atoms with Crippen LogP contribution >= 0.6 is 0 Å². The van der Waals surface area contributed by atoms with E-state index in [0.29, 0.717) is 0 Å². The van der Waals surface area contributed by atoms with Crippen molar-refractivity contribution in [3.8, 4) is 0 Å². The molecule has 2 saturated heterocycles. The monoisotopic (exact) mass is 764 g/mol. The van der Waals surface area contributed by atoms with E-state index in [9.17, 15) is 19.2 Å². The maximum Gasteiger partial charge on any atom is 0.305 e. The number of carbonyl (C=O) groups excluding carboxylic acids is 4. The zero-order valence-electron chi connectivity index (χ0n) is 31.5. The molecule has 0 amide bonds. The highest BCUT2D eigenvalue weighted by Gasteiger charge is 2.56. The fourth-order valence-corrected chi connectivity index (χ4v) is 6.41. The zero-order valence-corrected chi connectivity index (χ0v) is 31.5. The Hall–Kier alpha value is -4.70. The molecule has 2 heterocycles. The summed E-state index contributed by atoms with van der Waals surface area (Å²) in [7, 11) is 0. The normalized spacial score (nSPS) is 27.7. The van der Waals surface area contributed by atoms with Gasteiger partial charge in [0.1, 0.15) is 31.0 Å². The Morgan fingerprint density at radius 3 is 1.42 bits per heavy atom. The van der Waals surface area contributed by atoms with Crippen LogP contribution in [0.3, 0.4) is 0 Å². The SMILES string of the molecule is CC(=O)OC[C@H]1O[C@H](OC(C)=O)[C@@H](O[C@@H]2O[C@@H](C)[C@@H](OCc3ccccc3)[C@H](OCc3ccccc3)[C@@H]2OCc2ccccc2)[C@@H](OC(C)=O)[C@H]1OC(C)=O. The molecule has 0 spiro atoms. The van der Waals surface area contributed by atoms with Gasteiger partial charge >= 0.3 is 23.9 Å². The summed E-state index contributed by atoms with van der Waals surface area (Å²) < 4.78 is 61.2. The number of esters is 4. The van der Waals surface area contributed by atoms with Crippen LogP contribution < -0.4 is 0 Å². The van der Waals surface area contributed by atoms with Gasteiger partial charge in [0.15, 0.2) is 24.6 Å². The summed E-state index contributed by atoms with van der Waals surface area (Å²) in [5.41, 5.74) is 2.68.